The Kier molecular flexibility index (Phi) is 6.86. The van der Waals surface area contributed by atoms with E-state index in [1.54, 1.807) is 57.1 Å². The Bertz CT molecular complexity index is 1490. The van der Waals surface area contributed by atoms with Gasteiger partial charge in [-0.05, 0) is 62.4 Å². The summed E-state index contributed by atoms with van der Waals surface area (Å²) in [5.74, 6) is -0.753. The van der Waals surface area contributed by atoms with Crippen LogP contribution in [-0.2, 0) is 6.42 Å². The number of aryl methyl sites for hydroxylation is 2. The van der Waals surface area contributed by atoms with Crippen LogP contribution in [0.5, 0.6) is 0 Å². The van der Waals surface area contributed by atoms with Crippen LogP contribution in [0.3, 0.4) is 0 Å². The van der Waals surface area contributed by atoms with Gasteiger partial charge in [0, 0.05) is 49.1 Å². The molecule has 0 bridgehead atoms. The molecule has 37 heavy (non-hydrogen) atoms. The predicted octanol–water partition coefficient (Wildman–Crippen LogP) is 6.19. The molecule has 192 valence electrons. The smallest absolute Gasteiger partial charge is 0.167 e. The third-order valence-corrected chi connectivity index (χ3v) is 8.70. The van der Waals surface area contributed by atoms with Crippen molar-refractivity contribution in [2.24, 2.45) is 0 Å². The molecule has 0 saturated heterocycles. The number of benzene rings is 2. The fourth-order valence-electron chi connectivity index (χ4n) is 4.89. The third kappa shape index (κ3) is 4.24. The molecule has 0 fully saturated rings. The standard InChI is InChI=1S/C26H27F2N7S2/c1-13-10-16(11-14(2)22(13)27)35-24(21-15(3)34(36-5)9-8-20(21)33-35)26-32-31-25(37-26)17-6-7-19(30-4)18(12-29)23(17)28/h6-7,10-12,15,29-30H,8-9H2,1-5H3/t15-/m0/s1. The molecule has 0 radical (unpaired) electrons. The molecule has 11 heteroatoms. The van der Waals surface area contributed by atoms with Gasteiger partial charge in [-0.25, -0.2) is 17.8 Å². The minimum Gasteiger partial charge on any atom is -0.388 e. The molecule has 0 amide bonds. The summed E-state index contributed by atoms with van der Waals surface area (Å²) in [5.41, 5.74) is 5.62. The second kappa shape index (κ2) is 9.96. The van der Waals surface area contributed by atoms with Crippen LogP contribution < -0.4 is 5.32 Å². The lowest BCUT2D eigenvalue weighted by atomic mass is 9.99. The SMILES string of the molecule is CNc1ccc(-c2nnc(-c3c4c(nn3-c3cc(C)c(F)c(C)c3)CCN(SC)[C@H]4C)s2)c(F)c1C=N. The van der Waals surface area contributed by atoms with Gasteiger partial charge in [0.15, 0.2) is 10.0 Å². The number of hydrogen-bond donors (Lipinski definition) is 2. The van der Waals surface area contributed by atoms with E-state index in [9.17, 15) is 4.39 Å². The molecule has 0 saturated carbocycles. The molecule has 1 aliphatic heterocycles. The molecular weight excluding hydrogens is 512 g/mol. The average molecular weight is 540 g/mol. The van der Waals surface area contributed by atoms with Gasteiger partial charge < -0.3 is 10.7 Å². The van der Waals surface area contributed by atoms with Gasteiger partial charge in [0.2, 0.25) is 0 Å². The first kappa shape index (κ1) is 25.5. The van der Waals surface area contributed by atoms with Crippen LogP contribution in [0.15, 0.2) is 24.3 Å². The number of aromatic nitrogens is 4. The van der Waals surface area contributed by atoms with E-state index in [1.807, 2.05) is 4.68 Å². The van der Waals surface area contributed by atoms with E-state index in [0.29, 0.717) is 26.8 Å². The topological polar surface area (TPSA) is 82.7 Å². The van der Waals surface area contributed by atoms with Gasteiger partial charge in [-0.1, -0.05) is 23.3 Å². The number of nitrogens with one attached hydrogen (secondary N) is 2. The van der Waals surface area contributed by atoms with Gasteiger partial charge in [0.1, 0.15) is 17.3 Å². The number of anilines is 1. The zero-order chi connectivity index (χ0) is 26.4. The van der Waals surface area contributed by atoms with Crippen LogP contribution in [0.4, 0.5) is 14.5 Å². The van der Waals surface area contributed by atoms with Gasteiger partial charge in [-0.2, -0.15) is 5.10 Å². The van der Waals surface area contributed by atoms with E-state index in [2.05, 4.69) is 33.0 Å². The number of rotatable bonds is 6. The molecule has 1 aliphatic rings. The highest BCUT2D eigenvalue weighted by atomic mass is 32.2. The number of hydrogen-bond acceptors (Lipinski definition) is 8. The lowest BCUT2D eigenvalue weighted by Crippen LogP contribution is -2.28. The average Bonchev–Trinajstić information content (AvgIpc) is 3.52. The van der Waals surface area contributed by atoms with Crippen molar-refractivity contribution in [3.8, 4) is 27.0 Å². The van der Waals surface area contributed by atoms with Crippen molar-refractivity contribution < 1.29 is 8.78 Å². The van der Waals surface area contributed by atoms with Crippen LogP contribution in [0.2, 0.25) is 0 Å². The second-order valence-corrected chi connectivity index (χ2v) is 10.8. The highest BCUT2D eigenvalue weighted by Crippen LogP contribution is 2.43. The van der Waals surface area contributed by atoms with E-state index >= 15 is 4.39 Å². The van der Waals surface area contributed by atoms with E-state index in [0.717, 1.165) is 41.8 Å². The third-order valence-electron chi connectivity index (χ3n) is 6.77. The molecule has 5 rings (SSSR count). The minimum absolute atomic E-state index is 0.0636. The fraction of sp³-hybridized carbons (Fsp3) is 0.308. The zero-order valence-electron chi connectivity index (χ0n) is 21.2. The lowest BCUT2D eigenvalue weighted by Gasteiger charge is -2.31. The van der Waals surface area contributed by atoms with E-state index in [1.165, 1.54) is 11.3 Å². The van der Waals surface area contributed by atoms with Crippen LogP contribution >= 0.6 is 23.3 Å². The fourth-order valence-corrected chi connectivity index (χ4v) is 6.49. The van der Waals surface area contributed by atoms with Gasteiger partial charge >= 0.3 is 0 Å². The van der Waals surface area contributed by atoms with Gasteiger partial charge in [-0.3, -0.25) is 0 Å². The summed E-state index contributed by atoms with van der Waals surface area (Å²) in [7, 11) is 1.69. The molecule has 0 aliphatic carbocycles. The second-order valence-electron chi connectivity index (χ2n) is 8.96. The molecule has 2 N–H and O–H groups in total. The van der Waals surface area contributed by atoms with Crippen molar-refractivity contribution in [2.75, 3.05) is 25.2 Å². The van der Waals surface area contributed by atoms with Gasteiger partial charge in [-0.15, -0.1) is 10.2 Å². The summed E-state index contributed by atoms with van der Waals surface area (Å²) in [6.45, 7) is 6.49. The Labute approximate surface area is 222 Å². The summed E-state index contributed by atoms with van der Waals surface area (Å²) in [6, 6.07) is 7.02. The Morgan fingerprint density at radius 2 is 1.84 bits per heavy atom. The normalized spacial score (nSPS) is 15.6. The largest absolute Gasteiger partial charge is 0.388 e. The minimum atomic E-state index is -0.521. The molecule has 0 unspecified atom stereocenters. The molecule has 2 aromatic heterocycles. The number of fused-ring (bicyclic) bond motifs is 1. The van der Waals surface area contributed by atoms with Crippen LogP contribution in [0.25, 0.3) is 27.0 Å². The first-order chi connectivity index (χ1) is 17.8. The summed E-state index contributed by atoms with van der Waals surface area (Å²) < 4.78 is 33.9. The van der Waals surface area contributed by atoms with Crippen molar-refractivity contribution in [3.05, 3.63) is 63.8 Å². The van der Waals surface area contributed by atoms with Crippen LogP contribution in [0, 0.1) is 30.9 Å². The van der Waals surface area contributed by atoms with Crippen LogP contribution in [0.1, 0.15) is 40.9 Å². The van der Waals surface area contributed by atoms with Gasteiger partial charge in [0.05, 0.1) is 16.9 Å². The summed E-state index contributed by atoms with van der Waals surface area (Å²) >= 11 is 2.96. The van der Waals surface area contributed by atoms with Gasteiger partial charge in [0.25, 0.3) is 0 Å². The maximum Gasteiger partial charge on any atom is 0.167 e. The Morgan fingerprint density at radius 1 is 1.14 bits per heavy atom. The quantitative estimate of drug-likeness (QED) is 0.225. The van der Waals surface area contributed by atoms with Crippen molar-refractivity contribution in [1.82, 2.24) is 24.3 Å². The zero-order valence-corrected chi connectivity index (χ0v) is 22.8. The highest BCUT2D eigenvalue weighted by molar-refractivity contribution is 7.96. The van der Waals surface area contributed by atoms with Crippen molar-refractivity contribution in [2.45, 2.75) is 33.2 Å². The maximum absolute atomic E-state index is 15.3. The number of nitrogens with zero attached hydrogens (tertiary/aromatic N) is 5. The summed E-state index contributed by atoms with van der Waals surface area (Å²) in [4.78, 5) is 0. The molecule has 3 heterocycles. The molecular formula is C26H27F2N7S2. The Hall–Kier alpha value is -3.15. The van der Waals surface area contributed by atoms with Crippen molar-refractivity contribution >= 4 is 35.2 Å². The molecule has 1 atom stereocenters. The summed E-state index contributed by atoms with van der Waals surface area (Å²) in [5, 5.41) is 25.4. The predicted molar refractivity (Wildman–Crippen MR) is 147 cm³/mol. The molecule has 4 aromatic rings. The monoisotopic (exact) mass is 539 g/mol. The Balaban J connectivity index is 1.71. The molecule has 0 spiro atoms. The highest BCUT2D eigenvalue weighted by Gasteiger charge is 2.33. The van der Waals surface area contributed by atoms with E-state index in [4.69, 9.17) is 10.5 Å². The lowest BCUT2D eigenvalue weighted by molar-refractivity contribution is 0.363. The Morgan fingerprint density at radius 3 is 2.49 bits per heavy atom. The number of halogens is 2. The first-order valence-corrected chi connectivity index (χ1v) is 13.8. The van der Waals surface area contributed by atoms with E-state index < -0.39 is 5.82 Å². The molecule has 2 aromatic carbocycles. The van der Waals surface area contributed by atoms with Crippen molar-refractivity contribution in [1.29, 1.82) is 5.41 Å². The van der Waals surface area contributed by atoms with Crippen molar-refractivity contribution in [3.63, 3.8) is 0 Å². The van der Waals surface area contributed by atoms with E-state index in [-0.39, 0.29) is 23.0 Å². The van der Waals surface area contributed by atoms with Crippen LogP contribution in [-0.4, -0.2) is 50.3 Å². The maximum atomic E-state index is 15.3. The molecule has 7 nitrogen and oxygen atoms in total. The first-order valence-electron chi connectivity index (χ1n) is 11.8. The summed E-state index contributed by atoms with van der Waals surface area (Å²) in [6.07, 6.45) is 3.82.